The molecule has 0 unspecified atom stereocenters. The summed E-state index contributed by atoms with van der Waals surface area (Å²) in [5, 5.41) is 15.3. The van der Waals surface area contributed by atoms with Crippen LogP contribution in [0.3, 0.4) is 0 Å². The number of amides is 5. The van der Waals surface area contributed by atoms with E-state index in [4.69, 9.17) is 4.74 Å². The number of hydroxylamine groups is 1. The lowest BCUT2D eigenvalue weighted by atomic mass is 9.99. The number of hydrogen-bond donors (Lipinski definition) is 4. The molecule has 0 bridgehead atoms. The third-order valence-electron chi connectivity index (χ3n) is 10.8. The van der Waals surface area contributed by atoms with Crippen molar-refractivity contribution in [1.29, 1.82) is 0 Å². The molecule has 0 radical (unpaired) electrons. The molecular formula is C34H44F2N6O8. The van der Waals surface area contributed by atoms with E-state index in [1.807, 2.05) is 12.4 Å². The van der Waals surface area contributed by atoms with Crippen LogP contribution in [0, 0.1) is 17.6 Å². The fraction of sp³-hybridized carbons (Fsp3) is 0.647. The maximum atomic E-state index is 14.4. The van der Waals surface area contributed by atoms with Gasteiger partial charge in [-0.1, -0.05) is 6.92 Å². The third kappa shape index (κ3) is 6.48. The fourth-order valence-corrected chi connectivity index (χ4v) is 8.25. The largest absolute Gasteiger partial charge is 0.362 e. The molecule has 9 atom stereocenters. The standard InChI is InChI=1S/C34H44F2N6O8/c1-17-15-34-27(43)28(34)50-19(3)26(38-29(44)23(39-49)13-20-11-21(35)14-22(36)12-20)33(48)41-10-6-8-25(41)32(47)40-9-5-4-7-24(40)30(45)37-18(2)31(46)42(34)16-17/h11-12,14,17-19,23-26,28,39,49H,4-10,13,15-16H2,1-3H3,(H,37,45)(H,38,44)/t17-,18-,19-,23-,24-,25-,26-,28+,34+/m0/s1. The van der Waals surface area contributed by atoms with Gasteiger partial charge < -0.3 is 35.3 Å². The molecule has 50 heavy (non-hydrogen) atoms. The van der Waals surface area contributed by atoms with Gasteiger partial charge in [0, 0.05) is 25.7 Å². The van der Waals surface area contributed by atoms with Crippen molar-refractivity contribution in [3.63, 3.8) is 0 Å². The van der Waals surface area contributed by atoms with Gasteiger partial charge in [0.05, 0.1) is 6.10 Å². The van der Waals surface area contributed by atoms with Gasteiger partial charge in [0.15, 0.2) is 5.78 Å². The molecule has 5 aliphatic rings. The van der Waals surface area contributed by atoms with E-state index in [2.05, 4.69) is 10.6 Å². The van der Waals surface area contributed by atoms with E-state index in [-0.39, 0.29) is 43.3 Å². The van der Waals surface area contributed by atoms with Crippen LogP contribution in [0.4, 0.5) is 8.78 Å². The number of nitrogens with one attached hydrogen (secondary N) is 3. The van der Waals surface area contributed by atoms with Gasteiger partial charge in [-0.2, -0.15) is 5.48 Å². The number of nitrogens with zero attached hydrogens (tertiary/aromatic N) is 3. The molecule has 14 nitrogen and oxygen atoms in total. The number of halogens is 2. The van der Waals surface area contributed by atoms with Crippen LogP contribution in [0.1, 0.15) is 64.9 Å². The van der Waals surface area contributed by atoms with Crippen molar-refractivity contribution in [2.24, 2.45) is 5.92 Å². The van der Waals surface area contributed by atoms with Gasteiger partial charge in [-0.15, -0.1) is 0 Å². The summed E-state index contributed by atoms with van der Waals surface area (Å²) >= 11 is 0. The monoisotopic (exact) mass is 702 g/mol. The summed E-state index contributed by atoms with van der Waals surface area (Å²) in [5.41, 5.74) is 0.592. The van der Waals surface area contributed by atoms with Gasteiger partial charge in [0.1, 0.15) is 53.5 Å². The van der Waals surface area contributed by atoms with Crippen LogP contribution in [0.5, 0.6) is 0 Å². The highest BCUT2D eigenvalue weighted by atomic mass is 19.1. The normalized spacial score (nSPS) is 34.1. The van der Waals surface area contributed by atoms with Crippen molar-refractivity contribution < 1.29 is 47.5 Å². The van der Waals surface area contributed by atoms with Crippen molar-refractivity contribution in [2.45, 2.75) is 114 Å². The van der Waals surface area contributed by atoms with E-state index in [0.717, 1.165) is 12.1 Å². The van der Waals surface area contributed by atoms with E-state index >= 15 is 0 Å². The third-order valence-corrected chi connectivity index (χ3v) is 10.8. The molecule has 5 fully saturated rings. The molecule has 1 saturated carbocycles. The zero-order valence-electron chi connectivity index (χ0n) is 28.3. The van der Waals surface area contributed by atoms with Gasteiger partial charge in [0.25, 0.3) is 0 Å². The summed E-state index contributed by atoms with van der Waals surface area (Å²) in [5.74, 6) is -5.16. The molecule has 1 spiro atoms. The molecule has 1 aromatic rings. The van der Waals surface area contributed by atoms with E-state index < -0.39 is 89.1 Å². The highest BCUT2D eigenvalue weighted by Crippen LogP contribution is 2.51. The minimum absolute atomic E-state index is 0.0583. The van der Waals surface area contributed by atoms with Gasteiger partial charge in [-0.05, 0) is 82.4 Å². The van der Waals surface area contributed by atoms with Crippen LogP contribution in [-0.2, 0) is 39.9 Å². The average Bonchev–Trinajstić information content (AvgIpc) is 3.42. The number of carbonyl (C=O) groups excluding carboxylic acids is 6. The summed E-state index contributed by atoms with van der Waals surface area (Å²) in [6, 6.07) is -3.05. The molecule has 4 aliphatic heterocycles. The second-order valence-electron chi connectivity index (χ2n) is 14.4. The zero-order chi connectivity index (χ0) is 36.1. The van der Waals surface area contributed by atoms with Gasteiger partial charge in [-0.3, -0.25) is 28.8 Å². The topological polar surface area (TPSA) is 178 Å². The average molecular weight is 703 g/mol. The van der Waals surface area contributed by atoms with Gasteiger partial charge in [-0.25, -0.2) is 8.78 Å². The lowest BCUT2D eigenvalue weighted by Crippen LogP contribution is -2.62. The first-order valence-electron chi connectivity index (χ1n) is 17.3. The smallest absolute Gasteiger partial charge is 0.248 e. The summed E-state index contributed by atoms with van der Waals surface area (Å²) in [6.45, 7) is 5.64. The van der Waals surface area contributed by atoms with Crippen LogP contribution in [-0.4, -0.2) is 123 Å². The highest BCUT2D eigenvalue weighted by Gasteiger charge is 2.74. The molecule has 0 aromatic heterocycles. The van der Waals surface area contributed by atoms with Crippen molar-refractivity contribution in [1.82, 2.24) is 30.8 Å². The molecule has 272 valence electrons. The number of rotatable bonds is 5. The number of ketones is 1. The predicted octanol–water partition coefficient (Wildman–Crippen LogP) is 0.194. The maximum absolute atomic E-state index is 14.4. The lowest BCUT2D eigenvalue weighted by molar-refractivity contribution is -0.153. The Morgan fingerprint density at radius 1 is 0.960 bits per heavy atom. The van der Waals surface area contributed by atoms with Crippen LogP contribution in [0.25, 0.3) is 0 Å². The Bertz CT molecular complexity index is 1560. The van der Waals surface area contributed by atoms with Crippen LogP contribution >= 0.6 is 0 Å². The van der Waals surface area contributed by atoms with E-state index in [0.29, 0.717) is 44.6 Å². The van der Waals surface area contributed by atoms with E-state index in [9.17, 15) is 42.8 Å². The quantitative estimate of drug-likeness (QED) is 0.312. The van der Waals surface area contributed by atoms with Crippen LogP contribution in [0.15, 0.2) is 18.2 Å². The Kier molecular flexibility index (Phi) is 9.98. The first-order chi connectivity index (χ1) is 23.8. The van der Waals surface area contributed by atoms with Crippen molar-refractivity contribution >= 4 is 35.3 Å². The second kappa shape index (κ2) is 13.9. The maximum Gasteiger partial charge on any atom is 0.248 e. The summed E-state index contributed by atoms with van der Waals surface area (Å²) < 4.78 is 34.0. The van der Waals surface area contributed by atoms with Crippen LogP contribution in [0.2, 0.25) is 0 Å². The lowest BCUT2D eigenvalue weighted by Gasteiger charge is -2.39. The number of hydrogen-bond acceptors (Lipinski definition) is 9. The van der Waals surface area contributed by atoms with Crippen molar-refractivity contribution in [3.05, 3.63) is 35.4 Å². The van der Waals surface area contributed by atoms with Crippen LogP contribution < -0.4 is 16.1 Å². The molecule has 4 N–H and O–H groups in total. The van der Waals surface area contributed by atoms with Crippen molar-refractivity contribution in [2.75, 3.05) is 19.6 Å². The molecule has 1 aliphatic carbocycles. The summed E-state index contributed by atoms with van der Waals surface area (Å²) in [4.78, 5) is 87.4. The van der Waals surface area contributed by atoms with Gasteiger partial charge in [0.2, 0.25) is 29.5 Å². The predicted molar refractivity (Wildman–Crippen MR) is 170 cm³/mol. The highest BCUT2D eigenvalue weighted by molar-refractivity contribution is 6.14. The zero-order valence-corrected chi connectivity index (χ0v) is 28.3. The summed E-state index contributed by atoms with van der Waals surface area (Å²) in [6.07, 6.45) is 0.152. The Labute approximate surface area is 288 Å². The minimum Gasteiger partial charge on any atom is -0.362 e. The summed E-state index contributed by atoms with van der Waals surface area (Å²) in [7, 11) is 0. The first-order valence-corrected chi connectivity index (χ1v) is 17.3. The molecule has 4 saturated heterocycles. The Hall–Kier alpha value is -4.02. The fourth-order valence-electron chi connectivity index (χ4n) is 8.25. The number of piperidine rings is 1. The molecule has 16 heteroatoms. The molecule has 4 heterocycles. The van der Waals surface area contributed by atoms with Gasteiger partial charge >= 0.3 is 0 Å². The number of benzene rings is 1. The molecule has 5 amide bonds. The molecule has 1 aromatic carbocycles. The Morgan fingerprint density at radius 3 is 2.32 bits per heavy atom. The first kappa shape index (κ1) is 35.8. The minimum atomic E-state index is -1.48. The SMILES string of the molecule is C[C@@H]1CN2C(=O)[C@H](C)NC(=O)[C@@H]3CCCCN3C(=O)[C@@H]3CCCN3C(=O)[C@@H](NC(=O)[C@H](Cc3cc(F)cc(F)c3)NO)[C@H](C)O[C@@H]3C(=O)[C@]32C1. The number of ether oxygens (including phenoxy) is 1. The van der Waals surface area contributed by atoms with E-state index in [1.54, 1.807) is 6.92 Å². The Morgan fingerprint density at radius 2 is 1.62 bits per heavy atom. The number of Topliss-reactive ketones (excluding diaryl/α,β-unsaturated/α-hetero) is 1. The van der Waals surface area contributed by atoms with Crippen molar-refractivity contribution in [3.8, 4) is 0 Å². The number of carbonyl (C=O) groups is 6. The second-order valence-corrected chi connectivity index (χ2v) is 14.4. The Balaban J connectivity index is 1.34. The number of fused-ring (bicyclic) bond motifs is 2. The van der Waals surface area contributed by atoms with E-state index in [1.165, 1.54) is 21.6 Å². The molecule has 6 rings (SSSR count). The molecular weight excluding hydrogens is 658 g/mol.